The number of carbonyl (C=O) groups is 1. The number of carbonyl (C=O) groups excluding carboxylic acids is 1. The minimum absolute atomic E-state index is 0.126. The van der Waals surface area contributed by atoms with Gasteiger partial charge in [-0.25, -0.2) is 0 Å². The zero-order valence-corrected chi connectivity index (χ0v) is 14.4. The van der Waals surface area contributed by atoms with Gasteiger partial charge in [0, 0.05) is 12.6 Å². The lowest BCUT2D eigenvalue weighted by atomic mass is 10.1. The summed E-state index contributed by atoms with van der Waals surface area (Å²) in [6, 6.07) is 8.19. The van der Waals surface area contributed by atoms with Crippen molar-refractivity contribution in [3.8, 4) is 23.0 Å². The molecule has 0 unspecified atom stereocenters. The van der Waals surface area contributed by atoms with E-state index < -0.39 is 0 Å². The van der Waals surface area contributed by atoms with E-state index >= 15 is 0 Å². The van der Waals surface area contributed by atoms with E-state index in [9.17, 15) is 9.90 Å². The number of methoxy groups -OCH3 is 1. The van der Waals surface area contributed by atoms with Crippen LogP contribution in [0.4, 0.5) is 0 Å². The monoisotopic (exact) mass is 363 g/mol. The molecule has 7 heteroatoms. The lowest BCUT2D eigenvalue weighted by Gasteiger charge is -2.20. The lowest BCUT2D eigenvalue weighted by Crippen LogP contribution is -2.25. The Morgan fingerprint density at radius 1 is 1.28 bits per heavy atom. The molecule has 3 rings (SSSR count). The number of nitrogens with one attached hydrogen (secondary N) is 1. The molecule has 0 atom stereocenters. The second-order valence-corrected chi connectivity index (χ2v) is 5.90. The van der Waals surface area contributed by atoms with Gasteiger partial charge in [0.2, 0.25) is 0 Å². The van der Waals surface area contributed by atoms with Crippen LogP contribution in [0.15, 0.2) is 30.3 Å². The van der Waals surface area contributed by atoms with Crippen LogP contribution in [0.5, 0.6) is 23.0 Å². The standard InChI is InChI=1S/C18H18ClNO5/c1-23-12-2-3-13(15(21)10-12)18(22)20-5-4-11-8-14(19)17-16(9-11)24-6-7-25-17/h2-3,8-10,21H,4-7H2,1H3,(H,20,22). The Bertz CT molecular complexity index is 793. The van der Waals surface area contributed by atoms with Crippen molar-refractivity contribution in [1.29, 1.82) is 0 Å². The van der Waals surface area contributed by atoms with E-state index in [1.807, 2.05) is 6.07 Å². The van der Waals surface area contributed by atoms with Crippen molar-refractivity contribution in [3.63, 3.8) is 0 Å². The molecule has 1 heterocycles. The summed E-state index contributed by atoms with van der Waals surface area (Å²) in [4.78, 5) is 12.2. The largest absolute Gasteiger partial charge is 0.507 e. The van der Waals surface area contributed by atoms with Crippen molar-refractivity contribution in [2.24, 2.45) is 0 Å². The van der Waals surface area contributed by atoms with Gasteiger partial charge in [-0.3, -0.25) is 4.79 Å². The molecule has 0 bridgehead atoms. The molecular formula is C18H18ClNO5. The summed E-state index contributed by atoms with van der Waals surface area (Å²) < 4.78 is 16.0. The first kappa shape index (κ1) is 17.2. The Kier molecular flexibility index (Phi) is 5.19. The van der Waals surface area contributed by atoms with E-state index in [-0.39, 0.29) is 17.2 Å². The molecule has 2 N–H and O–H groups in total. The van der Waals surface area contributed by atoms with Crippen LogP contribution in [0.2, 0.25) is 5.02 Å². The number of ether oxygens (including phenoxy) is 3. The number of rotatable bonds is 5. The molecule has 0 spiro atoms. The Balaban J connectivity index is 1.61. The van der Waals surface area contributed by atoms with Crippen molar-refractivity contribution >= 4 is 17.5 Å². The van der Waals surface area contributed by atoms with E-state index in [2.05, 4.69) is 5.32 Å². The van der Waals surface area contributed by atoms with Crippen LogP contribution in [-0.2, 0) is 6.42 Å². The molecule has 1 aliphatic rings. The normalized spacial score (nSPS) is 12.6. The van der Waals surface area contributed by atoms with E-state index in [0.29, 0.717) is 48.5 Å². The molecule has 0 saturated carbocycles. The molecule has 0 aromatic heterocycles. The SMILES string of the molecule is COc1ccc(C(=O)NCCc2cc(Cl)c3c(c2)OCCO3)c(O)c1. The van der Waals surface area contributed by atoms with Gasteiger partial charge in [0.05, 0.1) is 17.7 Å². The van der Waals surface area contributed by atoms with E-state index in [0.717, 1.165) is 5.56 Å². The molecule has 0 aliphatic carbocycles. The minimum Gasteiger partial charge on any atom is -0.507 e. The van der Waals surface area contributed by atoms with Crippen molar-refractivity contribution in [3.05, 3.63) is 46.5 Å². The summed E-state index contributed by atoms with van der Waals surface area (Å²) in [5, 5.41) is 13.2. The fourth-order valence-corrected chi connectivity index (χ4v) is 2.84. The summed E-state index contributed by atoms with van der Waals surface area (Å²) in [5.74, 6) is 1.18. The highest BCUT2D eigenvalue weighted by Gasteiger charge is 2.17. The van der Waals surface area contributed by atoms with Gasteiger partial charge in [-0.1, -0.05) is 11.6 Å². The molecular weight excluding hydrogens is 346 g/mol. The summed E-state index contributed by atoms with van der Waals surface area (Å²) in [5.41, 5.74) is 1.12. The van der Waals surface area contributed by atoms with Crippen LogP contribution in [0.3, 0.4) is 0 Å². The molecule has 132 valence electrons. The number of hydrogen-bond acceptors (Lipinski definition) is 5. The number of halogens is 1. The van der Waals surface area contributed by atoms with Crippen molar-refractivity contribution in [2.75, 3.05) is 26.9 Å². The summed E-state index contributed by atoms with van der Waals surface area (Å²) in [6.07, 6.45) is 0.568. The van der Waals surface area contributed by atoms with Crippen LogP contribution < -0.4 is 19.5 Å². The molecule has 2 aromatic rings. The summed E-state index contributed by atoms with van der Waals surface area (Å²) in [6.45, 7) is 1.36. The van der Waals surface area contributed by atoms with Crippen molar-refractivity contribution in [2.45, 2.75) is 6.42 Å². The second kappa shape index (κ2) is 7.53. The molecule has 1 aliphatic heterocycles. The average molecular weight is 364 g/mol. The van der Waals surface area contributed by atoms with Gasteiger partial charge < -0.3 is 24.6 Å². The third-order valence-corrected chi connectivity index (χ3v) is 4.09. The number of fused-ring (bicyclic) bond motifs is 1. The molecule has 6 nitrogen and oxygen atoms in total. The topological polar surface area (TPSA) is 77.0 Å². The average Bonchev–Trinajstić information content (AvgIpc) is 2.61. The van der Waals surface area contributed by atoms with Gasteiger partial charge >= 0.3 is 0 Å². The van der Waals surface area contributed by atoms with Gasteiger partial charge in [-0.2, -0.15) is 0 Å². The van der Waals surface area contributed by atoms with Crippen molar-refractivity contribution in [1.82, 2.24) is 5.32 Å². The number of phenols is 1. The number of benzene rings is 2. The number of amides is 1. The highest BCUT2D eigenvalue weighted by molar-refractivity contribution is 6.32. The predicted molar refractivity (Wildman–Crippen MR) is 93.1 cm³/mol. The third kappa shape index (κ3) is 3.91. The minimum atomic E-state index is -0.358. The van der Waals surface area contributed by atoms with Gasteiger partial charge in [0.1, 0.15) is 24.7 Å². The first-order chi connectivity index (χ1) is 12.1. The van der Waals surface area contributed by atoms with E-state index in [1.54, 1.807) is 12.1 Å². The predicted octanol–water partition coefficient (Wildman–Crippen LogP) is 2.80. The van der Waals surface area contributed by atoms with Gasteiger partial charge in [-0.15, -0.1) is 0 Å². The molecule has 25 heavy (non-hydrogen) atoms. The maximum Gasteiger partial charge on any atom is 0.255 e. The smallest absolute Gasteiger partial charge is 0.255 e. The maximum atomic E-state index is 12.2. The van der Waals surface area contributed by atoms with Gasteiger partial charge in [0.25, 0.3) is 5.91 Å². The van der Waals surface area contributed by atoms with Crippen LogP contribution in [0.25, 0.3) is 0 Å². The highest BCUT2D eigenvalue weighted by Crippen LogP contribution is 2.38. The van der Waals surface area contributed by atoms with Crippen LogP contribution in [0, 0.1) is 0 Å². The third-order valence-electron chi connectivity index (χ3n) is 3.81. The molecule has 1 amide bonds. The Morgan fingerprint density at radius 2 is 2.08 bits per heavy atom. The maximum absolute atomic E-state index is 12.2. The first-order valence-electron chi connectivity index (χ1n) is 7.81. The zero-order valence-electron chi connectivity index (χ0n) is 13.7. The fraction of sp³-hybridized carbons (Fsp3) is 0.278. The molecule has 0 fully saturated rings. The fourth-order valence-electron chi connectivity index (χ4n) is 2.55. The summed E-state index contributed by atoms with van der Waals surface area (Å²) >= 11 is 6.20. The number of hydrogen-bond donors (Lipinski definition) is 2. The van der Waals surface area contributed by atoms with Crippen LogP contribution in [0.1, 0.15) is 15.9 Å². The quantitative estimate of drug-likeness (QED) is 0.854. The van der Waals surface area contributed by atoms with Gasteiger partial charge in [0.15, 0.2) is 11.5 Å². The lowest BCUT2D eigenvalue weighted by molar-refractivity contribution is 0.0951. The summed E-state index contributed by atoms with van der Waals surface area (Å²) in [7, 11) is 1.49. The Morgan fingerprint density at radius 3 is 2.84 bits per heavy atom. The molecule has 2 aromatic carbocycles. The zero-order chi connectivity index (χ0) is 17.8. The molecule has 0 saturated heterocycles. The Labute approximate surface area is 150 Å². The number of phenolic OH excluding ortho intramolecular Hbond substituents is 1. The van der Waals surface area contributed by atoms with Crippen molar-refractivity contribution < 1.29 is 24.1 Å². The van der Waals surface area contributed by atoms with E-state index in [4.69, 9.17) is 25.8 Å². The van der Waals surface area contributed by atoms with Crippen LogP contribution >= 0.6 is 11.6 Å². The first-order valence-corrected chi connectivity index (χ1v) is 8.19. The van der Waals surface area contributed by atoms with Crippen LogP contribution in [-0.4, -0.2) is 37.9 Å². The highest BCUT2D eigenvalue weighted by atomic mass is 35.5. The van der Waals surface area contributed by atoms with E-state index in [1.165, 1.54) is 19.2 Å². The Hall–Kier alpha value is -2.60. The van der Waals surface area contributed by atoms with Gasteiger partial charge in [-0.05, 0) is 36.2 Å². The number of aromatic hydroxyl groups is 1. The molecule has 0 radical (unpaired) electrons. The second-order valence-electron chi connectivity index (χ2n) is 5.49.